The van der Waals surface area contributed by atoms with E-state index in [1.54, 1.807) is 43.3 Å². The zero-order valence-electron chi connectivity index (χ0n) is 14.4. The van der Waals surface area contributed by atoms with Gasteiger partial charge in [-0.25, -0.2) is 5.43 Å². The van der Waals surface area contributed by atoms with Crippen LogP contribution in [0.4, 0.5) is 5.69 Å². The molecular weight excluding hydrogens is 332 g/mol. The average Bonchev–Trinajstić information content (AvgIpc) is 2.96. The molecular formula is C19H18N4O3. The lowest BCUT2D eigenvalue weighted by atomic mass is 10.1. The first-order chi connectivity index (χ1) is 12.6. The second-order valence-corrected chi connectivity index (χ2v) is 5.66. The van der Waals surface area contributed by atoms with Crippen molar-refractivity contribution in [2.24, 2.45) is 16.1 Å². The number of ether oxygens (including phenoxy) is 1. The molecule has 7 nitrogen and oxygen atoms in total. The van der Waals surface area contributed by atoms with Crippen molar-refractivity contribution >= 4 is 29.4 Å². The van der Waals surface area contributed by atoms with Crippen LogP contribution in [0.25, 0.3) is 0 Å². The van der Waals surface area contributed by atoms with Crippen molar-refractivity contribution < 1.29 is 14.3 Å². The fourth-order valence-electron chi connectivity index (χ4n) is 2.50. The van der Waals surface area contributed by atoms with Gasteiger partial charge >= 0.3 is 0 Å². The third-order valence-corrected chi connectivity index (χ3v) is 3.91. The van der Waals surface area contributed by atoms with Gasteiger partial charge in [-0.2, -0.15) is 15.2 Å². The lowest BCUT2D eigenvalue weighted by Crippen LogP contribution is -2.29. The Morgan fingerprint density at radius 1 is 1.23 bits per heavy atom. The van der Waals surface area contributed by atoms with Gasteiger partial charge in [0.2, 0.25) is 0 Å². The predicted octanol–water partition coefficient (Wildman–Crippen LogP) is 2.45. The Morgan fingerprint density at radius 2 is 2.00 bits per heavy atom. The second kappa shape index (κ2) is 7.60. The van der Waals surface area contributed by atoms with Gasteiger partial charge in [-0.15, -0.1) is 0 Å². The fraction of sp³-hybridized carbons (Fsp3) is 0.158. The Bertz CT molecular complexity index is 877. The Hall–Kier alpha value is -3.48. The van der Waals surface area contributed by atoms with Crippen LogP contribution in [0.3, 0.4) is 0 Å². The Kier molecular flexibility index (Phi) is 5.07. The summed E-state index contributed by atoms with van der Waals surface area (Å²) in [5.41, 5.74) is 4.13. The van der Waals surface area contributed by atoms with Crippen molar-refractivity contribution in [3.05, 3.63) is 60.2 Å². The summed E-state index contributed by atoms with van der Waals surface area (Å²) >= 11 is 0. The van der Waals surface area contributed by atoms with Crippen LogP contribution in [-0.2, 0) is 4.79 Å². The third kappa shape index (κ3) is 3.61. The smallest absolute Gasteiger partial charge is 0.271 e. The normalized spacial score (nSPS) is 16.7. The summed E-state index contributed by atoms with van der Waals surface area (Å²) in [7, 11) is 1.53. The molecule has 2 aromatic rings. The number of carbonyl (C=O) groups excluding carboxylic acids is 2. The molecule has 26 heavy (non-hydrogen) atoms. The van der Waals surface area contributed by atoms with Crippen molar-refractivity contribution in [1.82, 2.24) is 5.43 Å². The molecule has 0 fully saturated rings. The Labute approximate surface area is 151 Å². The molecule has 1 N–H and O–H groups in total. The standard InChI is InChI=1S/C19H18N4O3/c1-13-17(19(25)23(22-13)15-8-4-3-5-9-15)12-20-21-18(24)14-7-6-10-16(11-14)26-2/h3-12,17H,1-2H3,(H,21,24)/b20-12-/t17-/m0/s1. The van der Waals surface area contributed by atoms with E-state index in [0.29, 0.717) is 22.7 Å². The minimum atomic E-state index is -0.610. The molecule has 0 aromatic heterocycles. The van der Waals surface area contributed by atoms with Crippen molar-refractivity contribution in [2.45, 2.75) is 6.92 Å². The van der Waals surface area contributed by atoms with Crippen LogP contribution in [0.5, 0.6) is 5.75 Å². The summed E-state index contributed by atoms with van der Waals surface area (Å²) < 4.78 is 5.09. The molecule has 1 aliphatic heterocycles. The molecule has 0 radical (unpaired) electrons. The minimum absolute atomic E-state index is 0.215. The molecule has 7 heteroatoms. The molecule has 0 unspecified atom stereocenters. The number of rotatable bonds is 5. The van der Waals surface area contributed by atoms with Crippen molar-refractivity contribution in [3.63, 3.8) is 0 Å². The highest BCUT2D eigenvalue weighted by atomic mass is 16.5. The van der Waals surface area contributed by atoms with E-state index < -0.39 is 5.92 Å². The van der Waals surface area contributed by atoms with Crippen molar-refractivity contribution in [3.8, 4) is 5.75 Å². The van der Waals surface area contributed by atoms with Gasteiger partial charge in [-0.1, -0.05) is 24.3 Å². The molecule has 1 aliphatic rings. The second-order valence-electron chi connectivity index (χ2n) is 5.66. The molecule has 1 heterocycles. The molecule has 1 atom stereocenters. The van der Waals surface area contributed by atoms with Crippen molar-refractivity contribution in [1.29, 1.82) is 0 Å². The van der Waals surface area contributed by atoms with Crippen LogP contribution in [0.15, 0.2) is 64.8 Å². The zero-order chi connectivity index (χ0) is 18.5. The highest BCUT2D eigenvalue weighted by Gasteiger charge is 2.33. The molecule has 2 aromatic carbocycles. The number of methoxy groups -OCH3 is 1. The van der Waals surface area contributed by atoms with Gasteiger partial charge in [0.05, 0.1) is 18.5 Å². The number of nitrogens with one attached hydrogen (secondary N) is 1. The fourth-order valence-corrected chi connectivity index (χ4v) is 2.50. The van der Waals surface area contributed by atoms with Crippen LogP contribution >= 0.6 is 0 Å². The summed E-state index contributed by atoms with van der Waals surface area (Å²) in [5.74, 6) is -0.636. The van der Waals surface area contributed by atoms with Crippen molar-refractivity contribution in [2.75, 3.05) is 12.1 Å². The molecule has 132 valence electrons. The molecule has 0 saturated heterocycles. The number of hydrogen-bond acceptors (Lipinski definition) is 5. The average molecular weight is 350 g/mol. The maximum atomic E-state index is 12.5. The molecule has 0 saturated carbocycles. The molecule has 3 rings (SSSR count). The van der Waals surface area contributed by atoms with E-state index in [2.05, 4.69) is 15.6 Å². The van der Waals surface area contributed by atoms with E-state index in [9.17, 15) is 9.59 Å². The quantitative estimate of drug-likeness (QED) is 0.664. The summed E-state index contributed by atoms with van der Waals surface area (Å²) in [6.45, 7) is 1.75. The SMILES string of the molecule is COc1cccc(C(=O)N/N=C\[C@@H]2C(=O)N(c3ccccc3)N=C2C)c1. The predicted molar refractivity (Wildman–Crippen MR) is 99.5 cm³/mol. The first kappa shape index (κ1) is 17.3. The van der Waals surface area contributed by atoms with E-state index >= 15 is 0 Å². The summed E-state index contributed by atoms with van der Waals surface area (Å²) in [6, 6.07) is 15.9. The molecule has 0 bridgehead atoms. The van der Waals surface area contributed by atoms with Crippen LogP contribution < -0.4 is 15.2 Å². The van der Waals surface area contributed by atoms with Crippen LogP contribution in [0, 0.1) is 5.92 Å². The van der Waals surface area contributed by atoms with Gasteiger partial charge in [-0.3, -0.25) is 9.59 Å². The summed E-state index contributed by atoms with van der Waals surface area (Å²) in [6.07, 6.45) is 1.39. The van der Waals surface area contributed by atoms with Gasteiger partial charge < -0.3 is 4.74 Å². The molecule has 2 amide bonds. The van der Waals surface area contributed by atoms with Crippen LogP contribution in [0.2, 0.25) is 0 Å². The maximum absolute atomic E-state index is 12.5. The maximum Gasteiger partial charge on any atom is 0.271 e. The molecule has 0 aliphatic carbocycles. The van der Waals surface area contributed by atoms with Gasteiger partial charge in [0, 0.05) is 11.8 Å². The lowest BCUT2D eigenvalue weighted by Gasteiger charge is -2.12. The summed E-state index contributed by atoms with van der Waals surface area (Å²) in [4.78, 5) is 24.7. The van der Waals surface area contributed by atoms with E-state index in [1.165, 1.54) is 18.3 Å². The first-order valence-electron chi connectivity index (χ1n) is 8.02. The van der Waals surface area contributed by atoms with Gasteiger partial charge in [0.1, 0.15) is 11.7 Å². The number of amides is 2. The number of para-hydroxylation sites is 1. The first-order valence-corrected chi connectivity index (χ1v) is 8.02. The Morgan fingerprint density at radius 3 is 2.73 bits per heavy atom. The summed E-state index contributed by atoms with van der Waals surface area (Å²) in [5, 5.41) is 9.54. The number of carbonyl (C=O) groups is 2. The monoisotopic (exact) mass is 350 g/mol. The van der Waals surface area contributed by atoms with Crippen LogP contribution in [-0.4, -0.2) is 30.9 Å². The van der Waals surface area contributed by atoms with Gasteiger partial charge in [0.15, 0.2) is 0 Å². The van der Waals surface area contributed by atoms with E-state index in [1.807, 2.05) is 18.2 Å². The highest BCUT2D eigenvalue weighted by Crippen LogP contribution is 2.22. The number of anilines is 1. The van der Waals surface area contributed by atoms with E-state index in [0.717, 1.165) is 0 Å². The minimum Gasteiger partial charge on any atom is -0.497 e. The third-order valence-electron chi connectivity index (χ3n) is 3.91. The Balaban J connectivity index is 1.66. The van der Waals surface area contributed by atoms with Gasteiger partial charge in [0.25, 0.3) is 11.8 Å². The highest BCUT2D eigenvalue weighted by molar-refractivity contribution is 6.23. The number of nitrogens with zero attached hydrogens (tertiary/aromatic N) is 3. The lowest BCUT2D eigenvalue weighted by molar-refractivity contribution is -0.118. The number of hydrogen-bond donors (Lipinski definition) is 1. The molecule has 0 spiro atoms. The topological polar surface area (TPSA) is 83.4 Å². The zero-order valence-corrected chi connectivity index (χ0v) is 14.4. The number of benzene rings is 2. The van der Waals surface area contributed by atoms with E-state index in [-0.39, 0.29) is 11.8 Å². The largest absolute Gasteiger partial charge is 0.497 e. The number of hydrazone groups is 2. The van der Waals surface area contributed by atoms with Crippen LogP contribution in [0.1, 0.15) is 17.3 Å². The van der Waals surface area contributed by atoms with Gasteiger partial charge in [-0.05, 0) is 37.3 Å². The van der Waals surface area contributed by atoms with E-state index in [4.69, 9.17) is 4.74 Å².